The monoisotopic (exact) mass is 408 g/mol. The predicted octanol–water partition coefficient (Wildman–Crippen LogP) is 5.48. The molecule has 1 N–H and O–H groups in total. The van der Waals surface area contributed by atoms with Crippen LogP contribution in [0, 0.1) is 11.7 Å². The molecule has 1 aliphatic heterocycles. The van der Waals surface area contributed by atoms with Crippen LogP contribution in [-0.4, -0.2) is 23.9 Å². The van der Waals surface area contributed by atoms with Crippen LogP contribution < -0.4 is 5.32 Å². The van der Waals surface area contributed by atoms with E-state index in [0.717, 1.165) is 43.6 Å². The van der Waals surface area contributed by atoms with E-state index in [0.29, 0.717) is 25.3 Å². The van der Waals surface area contributed by atoms with Crippen LogP contribution in [0.15, 0.2) is 48.5 Å². The number of rotatable bonds is 6. The van der Waals surface area contributed by atoms with E-state index in [1.54, 1.807) is 12.1 Å². The second-order valence-electron chi connectivity index (χ2n) is 7.50. The molecule has 0 saturated carbocycles. The van der Waals surface area contributed by atoms with Crippen LogP contribution in [0.3, 0.4) is 0 Å². The summed E-state index contributed by atoms with van der Waals surface area (Å²) in [4.78, 5) is 14.3. The summed E-state index contributed by atoms with van der Waals surface area (Å²) < 4.78 is 51.6. The van der Waals surface area contributed by atoms with Crippen LogP contribution in [0.5, 0.6) is 0 Å². The zero-order chi connectivity index (χ0) is 20.9. The fourth-order valence-electron chi connectivity index (χ4n) is 3.70. The van der Waals surface area contributed by atoms with Gasteiger partial charge in [0.2, 0.25) is 5.91 Å². The highest BCUT2D eigenvalue weighted by atomic mass is 19.4. The topological polar surface area (TPSA) is 32.3 Å². The summed E-state index contributed by atoms with van der Waals surface area (Å²) in [7, 11) is 0. The third-order valence-corrected chi connectivity index (χ3v) is 5.22. The van der Waals surface area contributed by atoms with Crippen molar-refractivity contribution >= 4 is 11.6 Å². The molecule has 3 nitrogen and oxygen atoms in total. The zero-order valence-corrected chi connectivity index (χ0v) is 16.0. The average molecular weight is 408 g/mol. The summed E-state index contributed by atoms with van der Waals surface area (Å²) in [6, 6.07) is 11.3. The molecular weight excluding hydrogens is 384 g/mol. The van der Waals surface area contributed by atoms with Crippen molar-refractivity contribution in [2.45, 2.75) is 38.4 Å². The number of alkyl halides is 3. The number of piperidine rings is 1. The molecule has 156 valence electrons. The normalized spacial score (nSPS) is 17.9. The SMILES string of the molecule is O=C(CC[C@H]1CCCN(Cc2ccc(C(F)(F)F)cc2)C1)Nc1ccccc1F. The maximum atomic E-state index is 13.6. The lowest BCUT2D eigenvalue weighted by Gasteiger charge is -2.32. The van der Waals surface area contributed by atoms with E-state index in [1.807, 2.05) is 0 Å². The Morgan fingerprint density at radius 3 is 2.52 bits per heavy atom. The lowest BCUT2D eigenvalue weighted by atomic mass is 9.93. The molecule has 0 unspecified atom stereocenters. The summed E-state index contributed by atoms with van der Waals surface area (Å²) in [5.41, 5.74) is 0.389. The van der Waals surface area contributed by atoms with Crippen molar-refractivity contribution < 1.29 is 22.4 Å². The maximum absolute atomic E-state index is 13.6. The smallest absolute Gasteiger partial charge is 0.324 e. The van der Waals surface area contributed by atoms with Gasteiger partial charge in [-0.2, -0.15) is 13.2 Å². The Morgan fingerprint density at radius 1 is 1.10 bits per heavy atom. The first-order valence-corrected chi connectivity index (χ1v) is 9.74. The number of hydrogen-bond acceptors (Lipinski definition) is 2. The second kappa shape index (κ2) is 9.39. The number of nitrogens with one attached hydrogen (secondary N) is 1. The highest BCUT2D eigenvalue weighted by Crippen LogP contribution is 2.29. The Labute approximate surface area is 167 Å². The number of anilines is 1. The number of nitrogens with zero attached hydrogens (tertiary/aromatic N) is 1. The van der Waals surface area contributed by atoms with Gasteiger partial charge in [0.1, 0.15) is 5.82 Å². The van der Waals surface area contributed by atoms with Gasteiger partial charge in [-0.05, 0) is 61.6 Å². The molecule has 1 aliphatic rings. The number of halogens is 4. The van der Waals surface area contributed by atoms with E-state index in [-0.39, 0.29) is 11.6 Å². The molecule has 0 aliphatic carbocycles. The first-order valence-electron chi connectivity index (χ1n) is 9.74. The van der Waals surface area contributed by atoms with Crippen molar-refractivity contribution in [1.82, 2.24) is 4.90 Å². The van der Waals surface area contributed by atoms with E-state index in [1.165, 1.54) is 24.3 Å². The number of benzene rings is 2. The van der Waals surface area contributed by atoms with E-state index < -0.39 is 17.6 Å². The molecule has 3 rings (SSSR count). The highest BCUT2D eigenvalue weighted by molar-refractivity contribution is 5.90. The fraction of sp³-hybridized carbons (Fsp3) is 0.409. The molecule has 2 aromatic carbocycles. The summed E-state index contributed by atoms with van der Waals surface area (Å²) >= 11 is 0. The van der Waals surface area contributed by atoms with Gasteiger partial charge in [0.25, 0.3) is 0 Å². The Kier molecular flexibility index (Phi) is 6.90. The first kappa shape index (κ1) is 21.3. The van der Waals surface area contributed by atoms with E-state index >= 15 is 0 Å². The van der Waals surface area contributed by atoms with Crippen LogP contribution in [-0.2, 0) is 17.5 Å². The minimum atomic E-state index is -4.32. The van der Waals surface area contributed by atoms with Gasteiger partial charge in [-0.3, -0.25) is 9.69 Å². The molecule has 1 heterocycles. The van der Waals surface area contributed by atoms with Crippen LogP contribution in [0.2, 0.25) is 0 Å². The second-order valence-corrected chi connectivity index (χ2v) is 7.50. The van der Waals surface area contributed by atoms with Gasteiger partial charge in [-0.25, -0.2) is 4.39 Å². The predicted molar refractivity (Wildman–Crippen MR) is 104 cm³/mol. The number of likely N-dealkylation sites (tertiary alicyclic amines) is 1. The molecule has 0 radical (unpaired) electrons. The summed E-state index contributed by atoms with van der Waals surface area (Å²) in [5, 5.41) is 2.60. The molecule has 7 heteroatoms. The van der Waals surface area contributed by atoms with Crippen LogP contribution in [0.1, 0.15) is 36.8 Å². The van der Waals surface area contributed by atoms with E-state index in [2.05, 4.69) is 10.2 Å². The molecule has 1 atom stereocenters. The number of para-hydroxylation sites is 1. The Morgan fingerprint density at radius 2 is 1.83 bits per heavy atom. The van der Waals surface area contributed by atoms with Gasteiger partial charge < -0.3 is 5.32 Å². The maximum Gasteiger partial charge on any atom is 0.416 e. The van der Waals surface area contributed by atoms with Gasteiger partial charge in [-0.15, -0.1) is 0 Å². The highest BCUT2D eigenvalue weighted by Gasteiger charge is 2.30. The molecule has 1 saturated heterocycles. The van der Waals surface area contributed by atoms with Crippen LogP contribution in [0.4, 0.5) is 23.2 Å². The molecule has 0 bridgehead atoms. The minimum Gasteiger partial charge on any atom is -0.324 e. The number of amides is 1. The van der Waals surface area contributed by atoms with E-state index in [4.69, 9.17) is 0 Å². The molecule has 0 spiro atoms. The number of carbonyl (C=O) groups is 1. The van der Waals surface area contributed by atoms with Gasteiger partial charge in [0.05, 0.1) is 11.3 Å². The number of hydrogen-bond donors (Lipinski definition) is 1. The molecule has 2 aromatic rings. The van der Waals surface area contributed by atoms with Crippen molar-refractivity contribution in [3.8, 4) is 0 Å². The largest absolute Gasteiger partial charge is 0.416 e. The van der Waals surface area contributed by atoms with Crippen LogP contribution >= 0.6 is 0 Å². The summed E-state index contributed by atoms with van der Waals surface area (Å²) in [6.07, 6.45) is -1.31. The molecule has 29 heavy (non-hydrogen) atoms. The van der Waals surface area contributed by atoms with Crippen molar-refractivity contribution in [3.05, 3.63) is 65.5 Å². The molecule has 1 fully saturated rings. The lowest BCUT2D eigenvalue weighted by Crippen LogP contribution is -2.35. The molecule has 1 amide bonds. The third-order valence-electron chi connectivity index (χ3n) is 5.22. The summed E-state index contributed by atoms with van der Waals surface area (Å²) in [5.74, 6) is -0.333. The molecule has 0 aromatic heterocycles. The number of carbonyl (C=O) groups excluding carboxylic acids is 1. The lowest BCUT2D eigenvalue weighted by molar-refractivity contribution is -0.137. The third kappa shape index (κ3) is 6.29. The minimum absolute atomic E-state index is 0.185. The van der Waals surface area contributed by atoms with Gasteiger partial charge in [0, 0.05) is 19.5 Å². The van der Waals surface area contributed by atoms with Gasteiger partial charge >= 0.3 is 6.18 Å². The van der Waals surface area contributed by atoms with Crippen molar-refractivity contribution in [3.63, 3.8) is 0 Å². The van der Waals surface area contributed by atoms with Crippen molar-refractivity contribution in [2.75, 3.05) is 18.4 Å². The first-order chi connectivity index (χ1) is 13.8. The zero-order valence-electron chi connectivity index (χ0n) is 16.0. The molecular formula is C22H24F4N2O. The Bertz CT molecular complexity index is 820. The van der Waals surface area contributed by atoms with E-state index in [9.17, 15) is 22.4 Å². The van der Waals surface area contributed by atoms with Gasteiger partial charge in [-0.1, -0.05) is 24.3 Å². The summed E-state index contributed by atoms with van der Waals surface area (Å²) in [6.45, 7) is 2.28. The fourth-order valence-corrected chi connectivity index (χ4v) is 3.70. The van der Waals surface area contributed by atoms with Gasteiger partial charge in [0.15, 0.2) is 0 Å². The Hall–Kier alpha value is -2.41. The quantitative estimate of drug-likeness (QED) is 0.643. The average Bonchev–Trinajstić information content (AvgIpc) is 2.68. The van der Waals surface area contributed by atoms with Crippen LogP contribution in [0.25, 0.3) is 0 Å². The van der Waals surface area contributed by atoms with Crippen molar-refractivity contribution in [1.29, 1.82) is 0 Å². The Balaban J connectivity index is 1.46. The van der Waals surface area contributed by atoms with Crippen molar-refractivity contribution in [2.24, 2.45) is 5.92 Å². The standard InChI is InChI=1S/C22H24F4N2O/c23-19-5-1-2-6-20(19)27-21(29)12-9-16-4-3-13-28(14-16)15-17-7-10-18(11-8-17)22(24,25)26/h1-2,5-8,10-11,16H,3-4,9,12-15H2,(H,27,29)/t16-/m1/s1.